The van der Waals surface area contributed by atoms with Crippen molar-refractivity contribution in [2.75, 3.05) is 24.9 Å². The third-order valence-corrected chi connectivity index (χ3v) is 4.77. The summed E-state index contributed by atoms with van der Waals surface area (Å²) >= 11 is 0. The van der Waals surface area contributed by atoms with Crippen molar-refractivity contribution < 1.29 is 14.3 Å². The molecule has 0 aliphatic rings. The lowest BCUT2D eigenvalue weighted by Crippen LogP contribution is -2.12. The molecule has 0 fully saturated rings. The Labute approximate surface area is 186 Å². The fraction of sp³-hybridized carbons (Fsp3) is 0.0800. The van der Waals surface area contributed by atoms with Crippen molar-refractivity contribution in [3.63, 3.8) is 0 Å². The summed E-state index contributed by atoms with van der Waals surface area (Å²) in [5, 5.41) is 6.14. The Balaban J connectivity index is 1.44. The second-order valence-corrected chi connectivity index (χ2v) is 6.91. The third-order valence-electron chi connectivity index (χ3n) is 4.77. The van der Waals surface area contributed by atoms with Crippen LogP contribution in [0, 0.1) is 0 Å². The van der Waals surface area contributed by atoms with E-state index in [9.17, 15) is 4.79 Å². The Morgan fingerprint density at radius 1 is 0.781 bits per heavy atom. The van der Waals surface area contributed by atoms with Crippen LogP contribution in [-0.4, -0.2) is 30.1 Å². The van der Waals surface area contributed by atoms with Crippen LogP contribution >= 0.6 is 0 Å². The minimum atomic E-state index is -0.258. The number of rotatable bonds is 7. The summed E-state index contributed by atoms with van der Waals surface area (Å²) in [4.78, 5) is 21.3. The maximum absolute atomic E-state index is 12.6. The average molecular weight is 426 g/mol. The van der Waals surface area contributed by atoms with Crippen molar-refractivity contribution in [3.8, 4) is 22.8 Å². The van der Waals surface area contributed by atoms with Gasteiger partial charge in [0, 0.05) is 34.6 Å². The number of nitrogens with zero attached hydrogens (tertiary/aromatic N) is 2. The molecule has 32 heavy (non-hydrogen) atoms. The Hall–Kier alpha value is -4.39. The number of ether oxygens (including phenoxy) is 2. The van der Waals surface area contributed by atoms with Crippen molar-refractivity contribution in [1.29, 1.82) is 0 Å². The van der Waals surface area contributed by atoms with Crippen molar-refractivity contribution in [2.24, 2.45) is 0 Å². The van der Waals surface area contributed by atoms with Crippen LogP contribution in [0.1, 0.15) is 10.4 Å². The van der Waals surface area contributed by atoms with Gasteiger partial charge in [-0.15, -0.1) is 0 Å². The molecule has 7 heteroatoms. The number of carbonyl (C=O) groups excluding carboxylic acids is 1. The minimum absolute atomic E-state index is 0.258. The number of hydrogen-bond acceptors (Lipinski definition) is 6. The Morgan fingerprint density at radius 3 is 2.09 bits per heavy atom. The second kappa shape index (κ2) is 9.61. The first-order chi connectivity index (χ1) is 15.6. The highest BCUT2D eigenvalue weighted by atomic mass is 16.5. The molecule has 0 spiro atoms. The zero-order chi connectivity index (χ0) is 22.3. The molecule has 0 aliphatic heterocycles. The molecule has 0 aliphatic carbocycles. The summed E-state index contributed by atoms with van der Waals surface area (Å²) < 4.78 is 10.5. The molecular formula is C25H22N4O3. The highest BCUT2D eigenvalue weighted by Crippen LogP contribution is 2.24. The molecule has 2 N–H and O–H groups in total. The van der Waals surface area contributed by atoms with Gasteiger partial charge >= 0.3 is 0 Å². The van der Waals surface area contributed by atoms with Crippen molar-refractivity contribution >= 4 is 23.1 Å². The molecule has 4 aromatic rings. The molecule has 1 aromatic heterocycles. The number of amides is 1. The lowest BCUT2D eigenvalue weighted by atomic mass is 10.1. The smallest absolute Gasteiger partial charge is 0.255 e. The monoisotopic (exact) mass is 426 g/mol. The van der Waals surface area contributed by atoms with Crippen LogP contribution < -0.4 is 20.1 Å². The quantitative estimate of drug-likeness (QED) is 0.425. The summed E-state index contributed by atoms with van der Waals surface area (Å²) in [6.45, 7) is 0. The van der Waals surface area contributed by atoms with Crippen LogP contribution in [-0.2, 0) is 0 Å². The van der Waals surface area contributed by atoms with E-state index in [0.29, 0.717) is 28.6 Å². The number of benzene rings is 3. The highest BCUT2D eigenvalue weighted by Gasteiger charge is 2.10. The predicted octanol–water partition coefficient (Wildman–Crippen LogP) is 5.16. The molecular weight excluding hydrogens is 404 g/mol. The molecule has 7 nitrogen and oxygen atoms in total. The van der Waals surface area contributed by atoms with Crippen LogP contribution in [0.15, 0.2) is 85.2 Å². The van der Waals surface area contributed by atoms with Gasteiger partial charge in [-0.3, -0.25) is 4.79 Å². The van der Waals surface area contributed by atoms with E-state index in [1.165, 1.54) is 6.33 Å². The molecule has 4 rings (SSSR count). The second-order valence-electron chi connectivity index (χ2n) is 6.91. The molecule has 0 radical (unpaired) electrons. The molecule has 0 saturated carbocycles. The zero-order valence-corrected chi connectivity index (χ0v) is 17.7. The maximum atomic E-state index is 12.6. The van der Waals surface area contributed by atoms with E-state index >= 15 is 0 Å². The van der Waals surface area contributed by atoms with E-state index in [0.717, 1.165) is 16.9 Å². The van der Waals surface area contributed by atoms with Gasteiger partial charge in [-0.05, 0) is 36.4 Å². The van der Waals surface area contributed by atoms with E-state index in [4.69, 9.17) is 9.47 Å². The molecule has 0 atom stereocenters. The lowest BCUT2D eigenvalue weighted by Gasteiger charge is -2.11. The van der Waals surface area contributed by atoms with Gasteiger partial charge in [-0.25, -0.2) is 9.97 Å². The molecule has 0 saturated heterocycles. The molecule has 0 unspecified atom stereocenters. The summed E-state index contributed by atoms with van der Waals surface area (Å²) in [5.41, 5.74) is 3.79. The summed E-state index contributed by atoms with van der Waals surface area (Å²) in [6.07, 6.45) is 1.53. The standard InChI is InChI=1S/C25H22N4O3/c1-31-21-12-18(13-22(14-21)32-2)25(30)29-20-10-8-19(9-11-20)28-24-15-23(26-16-27-24)17-6-4-3-5-7-17/h3-16H,1-2H3,(H,29,30)(H,26,27,28). The summed E-state index contributed by atoms with van der Waals surface area (Å²) in [7, 11) is 3.09. The zero-order valence-electron chi connectivity index (χ0n) is 17.7. The Bertz CT molecular complexity index is 1190. The number of methoxy groups -OCH3 is 2. The molecule has 3 aromatic carbocycles. The van der Waals surface area contributed by atoms with Crippen LogP contribution in [0.25, 0.3) is 11.3 Å². The van der Waals surface area contributed by atoms with E-state index in [2.05, 4.69) is 20.6 Å². The van der Waals surface area contributed by atoms with Crippen molar-refractivity contribution in [1.82, 2.24) is 9.97 Å². The first-order valence-corrected chi connectivity index (χ1v) is 9.93. The van der Waals surface area contributed by atoms with Crippen LogP contribution in [0.3, 0.4) is 0 Å². The minimum Gasteiger partial charge on any atom is -0.497 e. The van der Waals surface area contributed by atoms with Crippen LogP contribution in [0.5, 0.6) is 11.5 Å². The lowest BCUT2D eigenvalue weighted by molar-refractivity contribution is 0.102. The van der Waals surface area contributed by atoms with Crippen molar-refractivity contribution in [3.05, 3.63) is 90.8 Å². The number of carbonyl (C=O) groups is 1. The first-order valence-electron chi connectivity index (χ1n) is 9.93. The van der Waals surface area contributed by atoms with Gasteiger partial charge in [0.15, 0.2) is 0 Å². The van der Waals surface area contributed by atoms with E-state index in [1.54, 1.807) is 32.4 Å². The normalized spacial score (nSPS) is 10.3. The van der Waals surface area contributed by atoms with Gasteiger partial charge in [0.05, 0.1) is 19.9 Å². The third kappa shape index (κ3) is 5.02. The molecule has 160 valence electrons. The molecule has 1 heterocycles. The SMILES string of the molecule is COc1cc(OC)cc(C(=O)Nc2ccc(Nc3cc(-c4ccccc4)ncn3)cc2)c1. The van der Waals surface area contributed by atoms with Gasteiger partial charge in [0.25, 0.3) is 5.91 Å². The number of anilines is 3. The summed E-state index contributed by atoms with van der Waals surface area (Å²) in [6, 6.07) is 24.2. The van der Waals surface area contributed by atoms with E-state index in [1.807, 2.05) is 60.7 Å². The Kier molecular flexibility index (Phi) is 6.27. The average Bonchev–Trinajstić information content (AvgIpc) is 2.85. The number of hydrogen-bond donors (Lipinski definition) is 2. The van der Waals surface area contributed by atoms with Gasteiger partial charge in [0.2, 0.25) is 0 Å². The predicted molar refractivity (Wildman–Crippen MR) is 125 cm³/mol. The van der Waals surface area contributed by atoms with Crippen LogP contribution in [0.4, 0.5) is 17.2 Å². The van der Waals surface area contributed by atoms with Crippen molar-refractivity contribution in [2.45, 2.75) is 0 Å². The van der Waals surface area contributed by atoms with Gasteiger partial charge < -0.3 is 20.1 Å². The Morgan fingerprint density at radius 2 is 1.44 bits per heavy atom. The largest absolute Gasteiger partial charge is 0.497 e. The van der Waals surface area contributed by atoms with Gasteiger partial charge in [-0.2, -0.15) is 0 Å². The van der Waals surface area contributed by atoms with Crippen LogP contribution in [0.2, 0.25) is 0 Å². The van der Waals surface area contributed by atoms with E-state index < -0.39 is 0 Å². The van der Waals surface area contributed by atoms with Gasteiger partial charge in [-0.1, -0.05) is 30.3 Å². The molecule has 0 bridgehead atoms. The number of aromatic nitrogens is 2. The molecule has 1 amide bonds. The maximum Gasteiger partial charge on any atom is 0.255 e. The first kappa shape index (κ1) is 20.9. The fourth-order valence-corrected chi connectivity index (χ4v) is 3.12. The fourth-order valence-electron chi connectivity index (χ4n) is 3.12. The van der Waals surface area contributed by atoms with Gasteiger partial charge in [0.1, 0.15) is 23.6 Å². The summed E-state index contributed by atoms with van der Waals surface area (Å²) in [5.74, 6) is 1.52. The van der Waals surface area contributed by atoms with E-state index in [-0.39, 0.29) is 5.91 Å². The highest BCUT2D eigenvalue weighted by molar-refractivity contribution is 6.04. The number of nitrogens with one attached hydrogen (secondary N) is 2. The topological polar surface area (TPSA) is 85.4 Å².